The second-order valence-electron chi connectivity index (χ2n) is 6.06. The minimum Gasteiger partial charge on any atom is -0.472 e. The number of nitro benzene ring substituents is 1. The first kappa shape index (κ1) is 17.1. The van der Waals surface area contributed by atoms with Crippen LogP contribution in [0.2, 0.25) is 0 Å². The Morgan fingerprint density at radius 1 is 1.16 bits per heavy atom. The molecule has 8 heteroatoms. The third kappa shape index (κ3) is 2.67. The van der Waals surface area contributed by atoms with Crippen LogP contribution in [0.5, 0.6) is 5.75 Å². The lowest BCUT2D eigenvalue weighted by molar-refractivity contribution is -0.385. The maximum Gasteiger partial charge on any atom is 0.432 e. The summed E-state index contributed by atoms with van der Waals surface area (Å²) < 4.78 is 47.2. The van der Waals surface area contributed by atoms with Gasteiger partial charge in [-0.3, -0.25) is 10.1 Å². The van der Waals surface area contributed by atoms with Gasteiger partial charge in [0.05, 0.1) is 10.5 Å². The van der Waals surface area contributed by atoms with Crippen molar-refractivity contribution in [3.05, 3.63) is 63.7 Å². The minimum absolute atomic E-state index is 0.0403. The number of nitrogens with zero attached hydrogens (tertiary/aromatic N) is 2. The number of nitro groups is 1. The maximum absolute atomic E-state index is 14.0. The average molecular weight is 352 g/mol. The second-order valence-corrected chi connectivity index (χ2v) is 6.06. The number of ether oxygens (including phenoxy) is 1. The molecular weight excluding hydrogens is 337 g/mol. The number of hydrogen-bond donors (Lipinski definition) is 0. The second kappa shape index (κ2) is 5.65. The monoisotopic (exact) mass is 352 g/mol. The van der Waals surface area contributed by atoms with E-state index < -0.39 is 23.1 Å². The fourth-order valence-electron chi connectivity index (χ4n) is 2.98. The van der Waals surface area contributed by atoms with E-state index >= 15 is 0 Å². The summed E-state index contributed by atoms with van der Waals surface area (Å²) >= 11 is 0. The average Bonchev–Trinajstić information content (AvgIpc) is 2.95. The molecule has 0 N–H and O–H groups in total. The van der Waals surface area contributed by atoms with Gasteiger partial charge in [-0.2, -0.15) is 13.2 Å². The zero-order valence-electron chi connectivity index (χ0n) is 13.5. The van der Waals surface area contributed by atoms with Gasteiger partial charge in [-0.25, -0.2) is 0 Å². The molecule has 1 atom stereocenters. The third-order valence-corrected chi connectivity index (χ3v) is 4.32. The first-order valence-corrected chi connectivity index (χ1v) is 7.45. The summed E-state index contributed by atoms with van der Waals surface area (Å²) in [7, 11) is 3.56. The van der Waals surface area contributed by atoms with Crippen LogP contribution in [0.25, 0.3) is 0 Å². The highest BCUT2D eigenvalue weighted by Crippen LogP contribution is 2.52. The van der Waals surface area contributed by atoms with Crippen LogP contribution >= 0.6 is 0 Å². The summed E-state index contributed by atoms with van der Waals surface area (Å²) in [5, 5.41) is 11.1. The largest absolute Gasteiger partial charge is 0.472 e. The fraction of sp³-hybridized carbons (Fsp3) is 0.294. The van der Waals surface area contributed by atoms with Crippen LogP contribution in [-0.2, 0) is 12.0 Å². The predicted molar refractivity (Wildman–Crippen MR) is 85.9 cm³/mol. The highest BCUT2D eigenvalue weighted by molar-refractivity contribution is 5.56. The van der Waals surface area contributed by atoms with E-state index in [4.69, 9.17) is 4.74 Å². The molecule has 5 nitrogen and oxygen atoms in total. The molecule has 3 rings (SSSR count). The number of hydrogen-bond acceptors (Lipinski definition) is 4. The molecule has 1 heterocycles. The molecule has 0 aliphatic carbocycles. The van der Waals surface area contributed by atoms with Crippen molar-refractivity contribution in [1.29, 1.82) is 0 Å². The Hall–Kier alpha value is -2.77. The molecular formula is C17H15F3N2O3. The molecule has 0 saturated carbocycles. The first-order valence-electron chi connectivity index (χ1n) is 7.45. The molecule has 132 valence electrons. The van der Waals surface area contributed by atoms with E-state index in [0.29, 0.717) is 0 Å². The van der Waals surface area contributed by atoms with Gasteiger partial charge in [-0.05, 0) is 18.2 Å². The number of benzene rings is 2. The molecule has 0 amide bonds. The minimum atomic E-state index is -4.74. The smallest absolute Gasteiger partial charge is 0.432 e. The van der Waals surface area contributed by atoms with Crippen molar-refractivity contribution in [2.75, 3.05) is 19.0 Å². The lowest BCUT2D eigenvalue weighted by Crippen LogP contribution is -2.46. The summed E-state index contributed by atoms with van der Waals surface area (Å²) in [6.07, 6.45) is -5.37. The van der Waals surface area contributed by atoms with Crippen LogP contribution in [0.4, 0.5) is 24.5 Å². The van der Waals surface area contributed by atoms with Crippen LogP contribution < -0.4 is 9.64 Å². The van der Waals surface area contributed by atoms with E-state index in [1.807, 2.05) is 0 Å². The van der Waals surface area contributed by atoms with Crippen LogP contribution in [-0.4, -0.2) is 25.2 Å². The summed E-state index contributed by atoms with van der Waals surface area (Å²) in [5.74, 6) is -0.108. The van der Waals surface area contributed by atoms with Gasteiger partial charge < -0.3 is 9.64 Å². The topological polar surface area (TPSA) is 55.6 Å². The van der Waals surface area contributed by atoms with E-state index in [0.717, 1.165) is 5.69 Å². The van der Waals surface area contributed by atoms with Crippen LogP contribution in [0.15, 0.2) is 42.5 Å². The van der Waals surface area contributed by atoms with Crippen LogP contribution in [0.3, 0.4) is 0 Å². The van der Waals surface area contributed by atoms with Gasteiger partial charge >= 0.3 is 6.18 Å². The maximum atomic E-state index is 14.0. The fourth-order valence-corrected chi connectivity index (χ4v) is 2.98. The Labute approximate surface area is 141 Å². The Kier molecular flexibility index (Phi) is 3.85. The molecule has 0 fully saturated rings. The highest BCUT2D eigenvalue weighted by atomic mass is 19.4. The summed E-state index contributed by atoms with van der Waals surface area (Å²) in [5.41, 5.74) is -2.39. The third-order valence-electron chi connectivity index (χ3n) is 4.32. The zero-order chi connectivity index (χ0) is 18.4. The van der Waals surface area contributed by atoms with Gasteiger partial charge in [-0.15, -0.1) is 0 Å². The van der Waals surface area contributed by atoms with Gasteiger partial charge in [0.15, 0.2) is 0 Å². The normalized spacial score (nSPS) is 19.2. The number of anilines is 1. The SMILES string of the molecule is CN(C)c1ccc(C2(C(F)(F)F)Cc3c(cccc3[N+](=O)[O-])O2)cc1. The number of alkyl halides is 3. The molecule has 0 saturated heterocycles. The van der Waals surface area contributed by atoms with Gasteiger partial charge in [0.1, 0.15) is 5.75 Å². The van der Waals surface area contributed by atoms with Crippen molar-refractivity contribution in [1.82, 2.24) is 0 Å². The van der Waals surface area contributed by atoms with E-state index in [2.05, 4.69) is 0 Å². The Balaban J connectivity index is 2.12. The molecule has 2 aromatic rings. The van der Waals surface area contributed by atoms with Gasteiger partial charge in [0.2, 0.25) is 5.60 Å². The lowest BCUT2D eigenvalue weighted by atomic mass is 9.88. The molecule has 0 spiro atoms. The van der Waals surface area contributed by atoms with E-state index in [-0.39, 0.29) is 22.6 Å². The molecule has 25 heavy (non-hydrogen) atoms. The zero-order valence-corrected chi connectivity index (χ0v) is 13.5. The molecule has 0 radical (unpaired) electrons. The van der Waals surface area contributed by atoms with Gasteiger partial charge in [0.25, 0.3) is 5.69 Å². The molecule has 0 bridgehead atoms. The van der Waals surface area contributed by atoms with Crippen molar-refractivity contribution in [2.45, 2.75) is 18.2 Å². The lowest BCUT2D eigenvalue weighted by Gasteiger charge is -2.31. The Morgan fingerprint density at radius 2 is 1.80 bits per heavy atom. The quantitative estimate of drug-likeness (QED) is 0.618. The van der Waals surface area contributed by atoms with Gasteiger partial charge in [-0.1, -0.05) is 18.2 Å². The van der Waals surface area contributed by atoms with Crippen LogP contribution in [0.1, 0.15) is 11.1 Å². The molecule has 1 unspecified atom stereocenters. The molecule has 1 aliphatic rings. The van der Waals surface area contributed by atoms with Crippen molar-refractivity contribution in [2.24, 2.45) is 0 Å². The van der Waals surface area contributed by atoms with E-state index in [9.17, 15) is 23.3 Å². The summed E-state index contributed by atoms with van der Waals surface area (Å²) in [4.78, 5) is 12.2. The Morgan fingerprint density at radius 3 is 2.32 bits per heavy atom. The molecule has 2 aromatic carbocycles. The van der Waals surface area contributed by atoms with E-state index in [1.165, 1.54) is 30.3 Å². The van der Waals surface area contributed by atoms with Crippen LogP contribution in [0, 0.1) is 10.1 Å². The van der Waals surface area contributed by atoms with Crippen molar-refractivity contribution in [3.63, 3.8) is 0 Å². The molecule has 1 aliphatic heterocycles. The standard InChI is InChI=1S/C17H15F3N2O3/c1-21(2)12-8-6-11(7-9-12)16(17(18,19)20)10-13-14(22(23)24)4-3-5-15(13)25-16/h3-9H,10H2,1-2H3. The summed E-state index contributed by atoms with van der Waals surface area (Å²) in [6.45, 7) is 0. The van der Waals surface area contributed by atoms with E-state index in [1.54, 1.807) is 31.1 Å². The predicted octanol–water partition coefficient (Wildman–Crippen LogP) is 4.05. The number of rotatable bonds is 3. The van der Waals surface area contributed by atoms with Crippen molar-refractivity contribution in [3.8, 4) is 5.75 Å². The first-order chi connectivity index (χ1) is 11.7. The van der Waals surface area contributed by atoms with Crippen molar-refractivity contribution < 1.29 is 22.8 Å². The summed E-state index contributed by atoms with van der Waals surface area (Å²) in [6, 6.07) is 9.64. The number of halogens is 3. The Bertz CT molecular complexity index is 819. The highest BCUT2D eigenvalue weighted by Gasteiger charge is 2.62. The van der Waals surface area contributed by atoms with Crippen molar-refractivity contribution >= 4 is 11.4 Å². The van der Waals surface area contributed by atoms with Gasteiger partial charge in [0, 0.05) is 37.8 Å². The number of fused-ring (bicyclic) bond motifs is 1. The molecule has 0 aromatic heterocycles.